The van der Waals surface area contributed by atoms with E-state index >= 15 is 0 Å². The van der Waals surface area contributed by atoms with Crippen molar-refractivity contribution in [2.45, 2.75) is 140 Å². The van der Waals surface area contributed by atoms with E-state index in [1.165, 1.54) is 44.4 Å². The van der Waals surface area contributed by atoms with Gasteiger partial charge in [-0.1, -0.05) is 49.7 Å². The Morgan fingerprint density at radius 1 is 0.662 bits per heavy atom. The second-order valence-electron chi connectivity index (χ2n) is 33.2. The molecule has 49 heteroatoms. The molecule has 12 rings (SSSR count). The SMILES string of the molecule is CC(=O)Oc1cc2c(c3ccccc13)C(CCl)CN2C(=O)c1cc2cc(NC(=O)c3cc4cc(C)ccc4[nH]3)ccc2[nH]1.CNC(=O)[C@@H](NC(=O)COc1ccc(/C(C)=N\NC(=O)CCN2C(=O)CC(SCC(NC(=O)[C@@H](CC(=O)O)NC(=O)[C@@H](CCCNC(=N)N)NC(=O)[C@H](CC(=O)O)NC(=O)CC[C@H](NC(=O)c3ccc(NCc4cnc5nc(N)[nH]c(=O)c5n4)cc3)C(=O)O)C(=O)O)C2=O)cc1)C(C)C. The van der Waals surface area contributed by atoms with Gasteiger partial charge in [0.2, 0.25) is 53.2 Å². The summed E-state index contributed by atoms with van der Waals surface area (Å²) < 4.78 is 11.1. The number of carboxylic acids is 4. The highest BCUT2D eigenvalue weighted by atomic mass is 35.5. The number of guanidine groups is 1. The summed E-state index contributed by atoms with van der Waals surface area (Å²) in [6.07, 6.45) is -3.61. The molecule has 1 saturated heterocycles. The van der Waals surface area contributed by atoms with Gasteiger partial charge in [-0.3, -0.25) is 92.0 Å². The van der Waals surface area contributed by atoms with Crippen molar-refractivity contribution in [3.05, 3.63) is 183 Å². The maximum Gasteiger partial charge on any atom is 0.327 e. The Labute approximate surface area is 815 Å². The van der Waals surface area contributed by atoms with E-state index in [4.69, 9.17) is 38.0 Å². The first-order valence-electron chi connectivity index (χ1n) is 44.1. The van der Waals surface area contributed by atoms with Gasteiger partial charge in [0, 0.05) is 121 Å². The molecule has 12 amide bonds. The number of carbonyl (C=O) groups excluding carboxylic acids is 13. The normalized spacial score (nSPS) is 14.5. The Kier molecular flexibility index (Phi) is 35.9. The Hall–Kier alpha value is -16.9. The molecule has 3 unspecified atom stereocenters. The minimum atomic E-state index is -2.08. The Bertz CT molecular complexity index is 6670. The number of thioether (sulfide) groups is 1. The van der Waals surface area contributed by atoms with Crippen LogP contribution in [0.3, 0.4) is 0 Å². The van der Waals surface area contributed by atoms with Crippen molar-refractivity contribution >= 4 is 203 Å². The van der Waals surface area contributed by atoms with Crippen LogP contribution < -0.4 is 90.0 Å². The van der Waals surface area contributed by atoms with E-state index in [0.29, 0.717) is 81.1 Å². The summed E-state index contributed by atoms with van der Waals surface area (Å²) in [5.41, 5.74) is 20.2. The number of H-pyrrole nitrogens is 3. The number of likely N-dealkylation sites (tertiary alicyclic amines) is 1. The third kappa shape index (κ3) is 28.4. The number of alkyl halides is 1. The van der Waals surface area contributed by atoms with Crippen LogP contribution in [-0.2, 0) is 73.7 Å². The third-order valence-electron chi connectivity index (χ3n) is 22.3. The first-order chi connectivity index (χ1) is 67.6. The molecule has 0 bridgehead atoms. The molecule has 746 valence electrons. The molecule has 1 fully saturated rings. The van der Waals surface area contributed by atoms with E-state index in [2.05, 4.69) is 93.6 Å². The smallest absolute Gasteiger partial charge is 0.327 e. The number of esters is 1. The second-order valence-corrected chi connectivity index (χ2v) is 34.7. The van der Waals surface area contributed by atoms with E-state index in [-0.39, 0.29) is 78.4 Å². The monoisotopic (exact) mass is 1990 g/mol. The number of nitrogens with two attached hydrogens (primary N) is 2. The van der Waals surface area contributed by atoms with Crippen LogP contribution in [0.25, 0.3) is 43.7 Å². The first-order valence-corrected chi connectivity index (χ1v) is 45.7. The van der Waals surface area contributed by atoms with Crippen molar-refractivity contribution in [1.29, 1.82) is 5.41 Å². The van der Waals surface area contributed by atoms with E-state index < -0.39 is 193 Å². The molecule has 10 aromatic rings. The first kappa shape index (κ1) is 106. The fraction of sp³-hybridized carbons (Fsp3) is 0.323. The van der Waals surface area contributed by atoms with E-state index in [1.807, 2.05) is 67.6 Å². The van der Waals surface area contributed by atoms with Crippen LogP contribution in [0.1, 0.15) is 139 Å². The predicted octanol–water partition coefficient (Wildman–Crippen LogP) is 3.44. The number of anilines is 4. The number of carboxylic acid groups (broad SMARTS) is 4. The standard InChI is InChI=1S/C59H75N19O20S.C34H27ClN4O4/c1-27(2)46(53(91)63-4)73-42(81)25-98-33-13-9-29(10-14-33)28(3)76-77-41(80)17-19-78-43(82)22-39(55(78)93)99-26-38(57(96)97)72-52(90)37(21-45(85)86)71-50(88)34(6-5-18-64-58(60)61)69-51(89)36(20-44(83)84)68-40(79)16-15-35(56(94)95)70-49(87)30-7-11-31(12-8-30)65-23-32-24-66-48-47(67-32)54(92)75-59(62)74-48;1-18-7-9-26-20(11-18)13-28(37-26)33(41)36-23-8-10-27-21(12-23)14-29(38-27)34(42)39-17-22(16-35)32-25-6-4-3-5-24(25)31(15-30(32)39)43-19(2)40/h7-14,24,27,34-39,46,65H,5-6,15-23,25-26H2,1-4H3,(H,63,91)(H,68,79)(H,69,89)(H,70,87)(H,71,88)(H,72,90)(H,73,81)(H,77,80)(H,83,84)(H,85,86)(H,94,95)(H,96,97)(H4,60,61,64)(H3,62,66,74,75,92);3-15,22,37-38H,16-17H2,1-2H3,(H,36,41)/b76-28-;/t34-,35+,36+,37-,38?,39?,46+;/m1./s1. The maximum absolute atomic E-state index is 13.9. The van der Waals surface area contributed by atoms with Gasteiger partial charge in [-0.25, -0.2) is 25.0 Å². The van der Waals surface area contributed by atoms with Crippen LogP contribution in [0.15, 0.2) is 143 Å². The molecule has 6 aromatic carbocycles. The highest BCUT2D eigenvalue weighted by Crippen LogP contribution is 2.46. The number of imide groups is 1. The number of carbonyl (C=O) groups is 17. The summed E-state index contributed by atoms with van der Waals surface area (Å²) in [5, 5.41) is 77.7. The van der Waals surface area contributed by atoms with Gasteiger partial charge >= 0.3 is 29.8 Å². The summed E-state index contributed by atoms with van der Waals surface area (Å²) in [6, 6.07) is 26.2. The number of hydrogen-bond donors (Lipinski definition) is 21. The Morgan fingerprint density at radius 2 is 1.29 bits per heavy atom. The lowest BCUT2D eigenvalue weighted by molar-refractivity contribution is -0.143. The average Bonchev–Trinajstić information content (AvgIpc) is 1.58. The van der Waals surface area contributed by atoms with Gasteiger partial charge in [0.05, 0.1) is 47.9 Å². The zero-order valence-corrected chi connectivity index (χ0v) is 78.7. The number of nitrogen functional groups attached to an aromatic ring is 1. The topological polar surface area (TPSA) is 720 Å². The lowest BCUT2D eigenvalue weighted by Crippen LogP contribution is -2.58. The van der Waals surface area contributed by atoms with Crippen molar-refractivity contribution in [3.8, 4) is 11.5 Å². The highest BCUT2D eigenvalue weighted by molar-refractivity contribution is 8.00. The molecule has 0 aliphatic carbocycles. The molecule has 23 N–H and O–H groups in total. The number of hydrazone groups is 1. The summed E-state index contributed by atoms with van der Waals surface area (Å²) >= 11 is 7.04. The van der Waals surface area contributed by atoms with Crippen molar-refractivity contribution in [1.82, 2.24) is 82.8 Å². The van der Waals surface area contributed by atoms with Gasteiger partial charge in [0.15, 0.2) is 23.7 Å². The number of amides is 12. The van der Waals surface area contributed by atoms with Gasteiger partial charge < -0.3 is 109 Å². The Balaban J connectivity index is 0.000000366. The van der Waals surface area contributed by atoms with E-state index in [9.17, 15) is 107 Å². The summed E-state index contributed by atoms with van der Waals surface area (Å²) in [4.78, 5) is 255. The lowest BCUT2D eigenvalue weighted by atomic mass is 9.95. The number of aryl methyl sites for hydroxylation is 1. The second kappa shape index (κ2) is 48.4. The number of halogens is 1. The highest BCUT2D eigenvalue weighted by Gasteiger charge is 2.42. The van der Waals surface area contributed by atoms with Gasteiger partial charge in [0.25, 0.3) is 29.2 Å². The number of benzene rings is 6. The number of aliphatic carboxylic acids is 4. The molecule has 142 heavy (non-hydrogen) atoms. The molecular weight excluding hydrogens is 1890 g/mol. The Morgan fingerprint density at radius 3 is 1.94 bits per heavy atom. The van der Waals surface area contributed by atoms with Crippen LogP contribution in [0, 0.1) is 18.3 Å². The van der Waals surface area contributed by atoms with Gasteiger partial charge in [-0.05, 0) is 147 Å². The number of rotatable bonds is 44. The molecule has 4 aromatic heterocycles. The van der Waals surface area contributed by atoms with E-state index in [1.54, 1.807) is 68.1 Å². The molecule has 2 aliphatic heterocycles. The molecule has 2 aliphatic rings. The molecule has 0 spiro atoms. The third-order valence-corrected chi connectivity index (χ3v) is 24.0. The molecule has 6 heterocycles. The number of nitrogens with zero attached hydrogens (tertiary/aromatic N) is 6. The number of aromatic amines is 3. The average molecular weight is 1990 g/mol. The predicted molar refractivity (Wildman–Crippen MR) is 518 cm³/mol. The van der Waals surface area contributed by atoms with Gasteiger partial charge in [-0.15, -0.1) is 23.4 Å². The number of aromatic nitrogens is 6. The van der Waals surface area contributed by atoms with Crippen LogP contribution in [0.2, 0.25) is 0 Å². The maximum atomic E-state index is 13.9. The van der Waals surface area contributed by atoms with E-state index in [0.717, 1.165) is 48.6 Å². The fourth-order valence-corrected chi connectivity index (χ4v) is 16.6. The number of fused-ring (bicyclic) bond motifs is 6. The summed E-state index contributed by atoms with van der Waals surface area (Å²) in [5.74, 6) is -17.1. The van der Waals surface area contributed by atoms with Crippen molar-refractivity contribution in [3.63, 3.8) is 0 Å². The van der Waals surface area contributed by atoms with Crippen LogP contribution in [0.5, 0.6) is 11.5 Å². The quantitative estimate of drug-likeness (QED) is 0.00380. The number of hydrogen-bond acceptors (Lipinski definition) is 28. The largest absolute Gasteiger partial charge is 0.484 e. The van der Waals surface area contributed by atoms with Gasteiger partial charge in [-0.2, -0.15) is 10.1 Å². The van der Waals surface area contributed by atoms with Crippen molar-refractivity contribution in [2.24, 2.45) is 16.8 Å². The zero-order valence-electron chi connectivity index (χ0n) is 77.1. The number of nitrogens with one attached hydrogen (secondary N) is 15. The molecule has 47 nitrogen and oxygen atoms in total. The molecule has 0 saturated carbocycles. The van der Waals surface area contributed by atoms with Crippen LogP contribution in [-0.4, -0.2) is 254 Å². The molecule has 0 radical (unpaired) electrons. The van der Waals surface area contributed by atoms with Gasteiger partial charge in [0.1, 0.15) is 59.1 Å². The molecular formula is C93H102ClN23O24S. The van der Waals surface area contributed by atoms with Crippen molar-refractivity contribution < 1.29 is 111 Å². The minimum absolute atomic E-state index is 0.0109. The summed E-state index contributed by atoms with van der Waals surface area (Å²) in [7, 11) is 1.45. The number of likely N-dealkylation sites (N-methyl/N-ethyl adjacent to an activating group) is 1. The van der Waals surface area contributed by atoms with Crippen LogP contribution >= 0.6 is 23.4 Å². The molecule has 8 atom stereocenters. The lowest BCUT2D eigenvalue weighted by Gasteiger charge is -2.25. The minimum Gasteiger partial charge on any atom is -0.484 e. The summed E-state index contributed by atoms with van der Waals surface area (Å²) in [6.45, 7) is 8.07. The zero-order chi connectivity index (χ0) is 103. The number of ether oxygens (including phenoxy) is 2. The fourth-order valence-electron chi connectivity index (χ4n) is 15.2. The van der Waals surface area contributed by atoms with Crippen LogP contribution in [0.4, 0.5) is 23.0 Å². The van der Waals surface area contributed by atoms with Crippen molar-refractivity contribution in [2.75, 3.05) is 66.2 Å².